The van der Waals surface area contributed by atoms with Gasteiger partial charge in [0.15, 0.2) is 0 Å². The molecule has 2 rings (SSSR count). The number of halogens is 1. The smallest absolute Gasteiger partial charge is 0.323 e. The number of rotatable bonds is 4. The summed E-state index contributed by atoms with van der Waals surface area (Å²) in [5.41, 5.74) is 3.36. The maximum absolute atomic E-state index is 12.1. The quantitative estimate of drug-likeness (QED) is 0.627. The third-order valence-corrected chi connectivity index (χ3v) is 5.68. The maximum atomic E-state index is 12.1. The van der Waals surface area contributed by atoms with Crippen LogP contribution in [0.4, 0.5) is 4.79 Å². The van der Waals surface area contributed by atoms with Crippen LogP contribution in [-0.2, 0) is 9.63 Å². The molecule has 0 fully saturated rings. The second-order valence-electron chi connectivity index (χ2n) is 5.08. The summed E-state index contributed by atoms with van der Waals surface area (Å²) in [5, 5.41) is 1.04. The van der Waals surface area contributed by atoms with Crippen molar-refractivity contribution >= 4 is 47.3 Å². The van der Waals surface area contributed by atoms with Gasteiger partial charge in [-0.25, -0.2) is 14.6 Å². The Morgan fingerprint density at radius 1 is 1.42 bits per heavy atom. The molecule has 0 saturated carbocycles. The van der Waals surface area contributed by atoms with Crippen molar-refractivity contribution in [3.63, 3.8) is 0 Å². The van der Waals surface area contributed by atoms with E-state index in [2.05, 4.69) is 5.48 Å². The first kappa shape index (κ1) is 18.8. The molecule has 1 heterocycles. The maximum Gasteiger partial charge on any atom is 0.444 e. The van der Waals surface area contributed by atoms with E-state index in [1.807, 2.05) is 19.1 Å². The summed E-state index contributed by atoms with van der Waals surface area (Å²) >= 11 is 8.38. The van der Waals surface area contributed by atoms with E-state index < -0.39 is 6.09 Å². The third kappa shape index (κ3) is 4.52. The van der Waals surface area contributed by atoms with Crippen molar-refractivity contribution in [2.75, 3.05) is 14.1 Å². The molecule has 2 amide bonds. The molecule has 0 radical (unpaired) electrons. The molecule has 130 valence electrons. The zero-order valence-corrected chi connectivity index (χ0v) is 16.1. The average Bonchev–Trinajstić information content (AvgIpc) is 2.56. The van der Waals surface area contributed by atoms with Crippen molar-refractivity contribution in [1.29, 1.82) is 0 Å². The lowest BCUT2D eigenvalue weighted by atomic mass is 10.3. The molecule has 1 N–H and O–H groups in total. The molecule has 6 nitrogen and oxygen atoms in total. The molecule has 24 heavy (non-hydrogen) atoms. The molecule has 0 bridgehead atoms. The molecule has 0 aromatic heterocycles. The Balaban J connectivity index is 1.92. The number of hydrogen-bond donors (Lipinski definition) is 1. The van der Waals surface area contributed by atoms with Crippen LogP contribution in [0.2, 0.25) is 5.02 Å². The van der Waals surface area contributed by atoms with Crippen molar-refractivity contribution in [1.82, 2.24) is 14.7 Å². The lowest BCUT2D eigenvalue weighted by Gasteiger charge is -2.30. The van der Waals surface area contributed by atoms with E-state index >= 15 is 0 Å². The number of carbonyl (C=O) groups excluding carboxylic acids is 2. The number of thioether (sulfide) groups is 1. The Bertz CT molecular complexity index is 666. The van der Waals surface area contributed by atoms with Crippen LogP contribution in [0.15, 0.2) is 39.9 Å². The van der Waals surface area contributed by atoms with Crippen LogP contribution in [0.3, 0.4) is 0 Å². The summed E-state index contributed by atoms with van der Waals surface area (Å²) in [5.74, 6) is 0.0183. The van der Waals surface area contributed by atoms with Crippen LogP contribution < -0.4 is 5.48 Å². The van der Waals surface area contributed by atoms with Crippen LogP contribution in [0.1, 0.15) is 13.8 Å². The van der Waals surface area contributed by atoms with Crippen molar-refractivity contribution in [3.8, 4) is 0 Å². The highest BCUT2D eigenvalue weighted by Crippen LogP contribution is 2.31. The summed E-state index contributed by atoms with van der Waals surface area (Å²) in [6, 6.07) is 7.14. The fourth-order valence-electron chi connectivity index (χ4n) is 1.85. The first-order valence-electron chi connectivity index (χ1n) is 7.08. The van der Waals surface area contributed by atoms with Crippen LogP contribution in [-0.4, -0.2) is 40.6 Å². The minimum atomic E-state index is -0.553. The van der Waals surface area contributed by atoms with Gasteiger partial charge in [0.1, 0.15) is 5.03 Å². The van der Waals surface area contributed by atoms with Gasteiger partial charge in [-0.05, 0) is 50.1 Å². The molecule has 1 aliphatic rings. The van der Waals surface area contributed by atoms with Crippen LogP contribution >= 0.6 is 35.3 Å². The van der Waals surface area contributed by atoms with Gasteiger partial charge in [0, 0.05) is 24.0 Å². The molecule has 0 spiro atoms. The molecule has 0 aliphatic carbocycles. The second-order valence-corrected chi connectivity index (χ2v) is 8.07. The topological polar surface area (TPSA) is 61.9 Å². The van der Waals surface area contributed by atoms with Crippen molar-refractivity contribution in [3.05, 3.63) is 40.0 Å². The lowest BCUT2D eigenvalue weighted by molar-refractivity contribution is -0.127. The molecule has 9 heteroatoms. The lowest BCUT2D eigenvalue weighted by Crippen LogP contribution is -2.39. The number of benzene rings is 1. The number of carbonyl (C=O) groups is 2. The van der Waals surface area contributed by atoms with E-state index in [1.54, 1.807) is 38.1 Å². The second kappa shape index (κ2) is 8.04. The Morgan fingerprint density at radius 2 is 2.04 bits per heavy atom. The van der Waals surface area contributed by atoms with Gasteiger partial charge >= 0.3 is 6.09 Å². The average molecular weight is 388 g/mol. The van der Waals surface area contributed by atoms with Crippen molar-refractivity contribution < 1.29 is 14.4 Å². The van der Waals surface area contributed by atoms with Gasteiger partial charge < -0.3 is 9.74 Å². The number of hydrogen-bond acceptors (Lipinski definition) is 6. The molecule has 1 atom stereocenters. The molecule has 1 unspecified atom stereocenters. The Hall–Kier alpha value is -1.51. The Morgan fingerprint density at radius 3 is 2.67 bits per heavy atom. The van der Waals surface area contributed by atoms with E-state index in [0.29, 0.717) is 15.7 Å². The zero-order chi connectivity index (χ0) is 17.9. The van der Waals surface area contributed by atoms with E-state index in [9.17, 15) is 9.59 Å². The van der Waals surface area contributed by atoms with E-state index in [1.165, 1.54) is 28.0 Å². The largest absolute Gasteiger partial charge is 0.444 e. The molecule has 0 saturated heterocycles. The highest BCUT2D eigenvalue weighted by molar-refractivity contribution is 8.04. The Kier molecular flexibility index (Phi) is 6.31. The first-order valence-corrected chi connectivity index (χ1v) is 9.12. The van der Waals surface area contributed by atoms with Crippen LogP contribution in [0.5, 0.6) is 0 Å². The fourth-order valence-corrected chi connectivity index (χ4v) is 3.67. The molecule has 1 aromatic carbocycles. The first-order chi connectivity index (χ1) is 11.3. The van der Waals surface area contributed by atoms with Gasteiger partial charge in [0.05, 0.1) is 10.9 Å². The third-order valence-electron chi connectivity index (χ3n) is 3.35. The standard InChI is InChI=1S/C15H18ClN3O3S2/c1-9-13(23-10(2)14(20)18(9)3)17-22-15(21)19(4)24-12-7-5-11(16)6-8-12/h5-8,10,17H,1-4H3. The summed E-state index contributed by atoms with van der Waals surface area (Å²) in [7, 11) is 3.30. The van der Waals surface area contributed by atoms with E-state index in [4.69, 9.17) is 16.4 Å². The van der Waals surface area contributed by atoms with E-state index in [0.717, 1.165) is 4.90 Å². The summed E-state index contributed by atoms with van der Waals surface area (Å²) in [4.78, 5) is 31.5. The number of nitrogens with zero attached hydrogens (tertiary/aromatic N) is 2. The SMILES string of the molecule is CC1=C(NOC(=O)N(C)Sc2ccc(Cl)cc2)SC(C)C(=O)N1C. The van der Waals surface area contributed by atoms with Gasteiger partial charge in [-0.15, -0.1) is 0 Å². The highest BCUT2D eigenvalue weighted by Gasteiger charge is 2.29. The monoisotopic (exact) mass is 387 g/mol. The number of allylic oxidation sites excluding steroid dienone is 1. The predicted molar refractivity (Wildman–Crippen MR) is 97.2 cm³/mol. The minimum absolute atomic E-state index is 0.0183. The highest BCUT2D eigenvalue weighted by atomic mass is 35.5. The number of amides is 2. The van der Waals surface area contributed by atoms with Gasteiger partial charge in [0.2, 0.25) is 5.91 Å². The minimum Gasteiger partial charge on any atom is -0.323 e. The van der Waals surface area contributed by atoms with Gasteiger partial charge in [-0.2, -0.15) is 0 Å². The van der Waals surface area contributed by atoms with Crippen LogP contribution in [0.25, 0.3) is 0 Å². The fraction of sp³-hybridized carbons (Fsp3) is 0.333. The van der Waals surface area contributed by atoms with E-state index in [-0.39, 0.29) is 11.2 Å². The van der Waals surface area contributed by atoms with Crippen LogP contribution in [0, 0.1) is 0 Å². The number of nitrogens with one attached hydrogen (secondary N) is 1. The van der Waals surface area contributed by atoms with Gasteiger partial charge in [-0.1, -0.05) is 23.4 Å². The van der Waals surface area contributed by atoms with Gasteiger partial charge in [0.25, 0.3) is 0 Å². The van der Waals surface area contributed by atoms with Crippen molar-refractivity contribution in [2.45, 2.75) is 24.0 Å². The summed E-state index contributed by atoms with van der Waals surface area (Å²) < 4.78 is 1.36. The Labute approximate surface area is 154 Å². The molecular formula is C15H18ClN3O3S2. The normalized spacial score (nSPS) is 17.8. The molecule has 1 aromatic rings. The summed E-state index contributed by atoms with van der Waals surface area (Å²) in [6.07, 6.45) is -0.553. The van der Waals surface area contributed by atoms with Gasteiger partial charge in [-0.3, -0.25) is 4.79 Å². The predicted octanol–water partition coefficient (Wildman–Crippen LogP) is 3.70. The number of hydroxylamine groups is 1. The molecule has 1 aliphatic heterocycles. The van der Waals surface area contributed by atoms with Crippen molar-refractivity contribution in [2.24, 2.45) is 0 Å². The summed E-state index contributed by atoms with van der Waals surface area (Å²) in [6.45, 7) is 3.60. The zero-order valence-electron chi connectivity index (χ0n) is 13.7. The molecular weight excluding hydrogens is 370 g/mol.